The number of hydrogen-bond acceptors (Lipinski definition) is 1. The summed E-state index contributed by atoms with van der Waals surface area (Å²) in [5.41, 5.74) is 1.29. The van der Waals surface area contributed by atoms with E-state index < -0.39 is 0 Å². The summed E-state index contributed by atoms with van der Waals surface area (Å²) in [6.45, 7) is 2.12. The van der Waals surface area contributed by atoms with E-state index in [1.54, 1.807) is 0 Å². The van der Waals surface area contributed by atoms with Crippen LogP contribution < -0.4 is 0 Å². The Kier molecular flexibility index (Phi) is 1.92. The lowest BCUT2D eigenvalue weighted by molar-refractivity contribution is -0.109. The van der Waals surface area contributed by atoms with Crippen LogP contribution >= 0.6 is 11.6 Å². The number of benzene rings is 1. The van der Waals surface area contributed by atoms with Gasteiger partial charge in [-0.2, -0.15) is 0 Å². The van der Waals surface area contributed by atoms with Crippen molar-refractivity contribution in [1.82, 2.24) is 0 Å². The third kappa shape index (κ3) is 1.37. The maximum Gasteiger partial charge on any atom is 0.123 e. The van der Waals surface area contributed by atoms with Crippen molar-refractivity contribution in [3.63, 3.8) is 0 Å². The van der Waals surface area contributed by atoms with Gasteiger partial charge in [0.1, 0.15) is 6.29 Å². The topological polar surface area (TPSA) is 17.1 Å². The van der Waals surface area contributed by atoms with E-state index in [0.717, 1.165) is 17.7 Å². The van der Waals surface area contributed by atoms with Crippen LogP contribution in [-0.2, 0) is 10.2 Å². The molecule has 0 unspecified atom stereocenters. The van der Waals surface area contributed by atoms with E-state index >= 15 is 0 Å². The van der Waals surface area contributed by atoms with Crippen molar-refractivity contribution in [2.45, 2.75) is 18.8 Å². The van der Waals surface area contributed by atoms with Gasteiger partial charge >= 0.3 is 0 Å². The molecule has 13 heavy (non-hydrogen) atoms. The molecule has 1 aromatic rings. The Morgan fingerprint density at radius 2 is 2.08 bits per heavy atom. The van der Waals surface area contributed by atoms with Gasteiger partial charge in [0.2, 0.25) is 0 Å². The smallest absolute Gasteiger partial charge is 0.123 e. The number of carbonyl (C=O) groups excluding carboxylic acids is 1. The lowest BCUT2D eigenvalue weighted by atomic mass is 9.96. The van der Waals surface area contributed by atoms with Crippen molar-refractivity contribution >= 4 is 17.9 Å². The van der Waals surface area contributed by atoms with Crippen molar-refractivity contribution in [3.05, 3.63) is 34.9 Å². The second-order valence-electron chi connectivity index (χ2n) is 3.87. The third-order valence-electron chi connectivity index (χ3n) is 2.97. The molecule has 1 nitrogen and oxygen atoms in total. The zero-order valence-electron chi connectivity index (χ0n) is 7.46. The van der Waals surface area contributed by atoms with Gasteiger partial charge in [0.05, 0.1) is 0 Å². The van der Waals surface area contributed by atoms with Gasteiger partial charge in [0.25, 0.3) is 0 Å². The van der Waals surface area contributed by atoms with Gasteiger partial charge < -0.3 is 4.79 Å². The highest BCUT2D eigenvalue weighted by Crippen LogP contribution is 2.52. The quantitative estimate of drug-likeness (QED) is 0.662. The summed E-state index contributed by atoms with van der Waals surface area (Å²) in [4.78, 5) is 10.6. The Labute approximate surface area is 82.7 Å². The van der Waals surface area contributed by atoms with E-state index in [4.69, 9.17) is 11.6 Å². The Morgan fingerprint density at radius 1 is 1.46 bits per heavy atom. The molecular weight excluding hydrogens is 184 g/mol. The Morgan fingerprint density at radius 3 is 2.54 bits per heavy atom. The average molecular weight is 195 g/mol. The highest BCUT2D eigenvalue weighted by Gasteiger charge is 2.50. The van der Waals surface area contributed by atoms with E-state index in [1.165, 1.54) is 5.56 Å². The van der Waals surface area contributed by atoms with Crippen LogP contribution in [0, 0.1) is 5.92 Å². The molecule has 1 aliphatic carbocycles. The molecule has 0 aromatic heterocycles. The summed E-state index contributed by atoms with van der Waals surface area (Å²) in [6.07, 6.45) is 2.02. The predicted octanol–water partition coefficient (Wildman–Crippen LogP) is 2.82. The van der Waals surface area contributed by atoms with Gasteiger partial charge in [0, 0.05) is 16.4 Å². The van der Waals surface area contributed by atoms with E-state index in [1.807, 2.05) is 24.3 Å². The van der Waals surface area contributed by atoms with E-state index in [9.17, 15) is 4.79 Å². The first-order valence-electron chi connectivity index (χ1n) is 4.38. The van der Waals surface area contributed by atoms with Crippen molar-refractivity contribution in [1.29, 1.82) is 0 Å². The molecule has 0 aliphatic heterocycles. The molecule has 0 N–H and O–H groups in total. The molecule has 0 spiro atoms. The van der Waals surface area contributed by atoms with E-state index in [0.29, 0.717) is 0 Å². The van der Waals surface area contributed by atoms with Gasteiger partial charge in [-0.15, -0.1) is 0 Å². The standard InChI is InChI=1S/C11H11ClO/c1-11(6-9(11)7-13)8-2-4-10(12)5-3-8/h2-5,7,9H,6H2,1H3/t9-,11-/m1/s1. The summed E-state index contributed by atoms with van der Waals surface area (Å²) in [7, 11) is 0. The molecule has 1 aliphatic rings. The molecule has 68 valence electrons. The number of carbonyl (C=O) groups is 1. The summed E-state index contributed by atoms with van der Waals surface area (Å²) in [5.74, 6) is 0.202. The summed E-state index contributed by atoms with van der Waals surface area (Å²) >= 11 is 5.78. The minimum Gasteiger partial charge on any atom is -0.303 e. The number of halogens is 1. The van der Waals surface area contributed by atoms with Crippen molar-refractivity contribution in [2.24, 2.45) is 5.92 Å². The first-order valence-corrected chi connectivity index (χ1v) is 4.76. The highest BCUT2D eigenvalue weighted by atomic mass is 35.5. The summed E-state index contributed by atoms with van der Waals surface area (Å²) in [5, 5.41) is 0.746. The zero-order chi connectivity index (χ0) is 9.47. The van der Waals surface area contributed by atoms with Gasteiger partial charge in [-0.1, -0.05) is 30.7 Å². The number of rotatable bonds is 2. The van der Waals surface area contributed by atoms with Crippen molar-refractivity contribution < 1.29 is 4.79 Å². The van der Waals surface area contributed by atoms with Crippen LogP contribution in [0.25, 0.3) is 0 Å². The first-order chi connectivity index (χ1) is 6.16. The SMILES string of the molecule is C[C@]1(c2ccc(Cl)cc2)C[C@@H]1C=O. The molecule has 0 heterocycles. The average Bonchev–Trinajstić information content (AvgIpc) is 2.80. The van der Waals surface area contributed by atoms with Crippen LogP contribution in [-0.4, -0.2) is 6.29 Å². The van der Waals surface area contributed by atoms with Crippen molar-refractivity contribution in [2.75, 3.05) is 0 Å². The normalized spacial score (nSPS) is 31.4. The minimum atomic E-state index is 0.0757. The molecule has 0 bridgehead atoms. The first kappa shape index (κ1) is 8.76. The van der Waals surface area contributed by atoms with Gasteiger partial charge in [0.15, 0.2) is 0 Å². The molecule has 1 fully saturated rings. The second-order valence-corrected chi connectivity index (χ2v) is 4.31. The fourth-order valence-electron chi connectivity index (χ4n) is 1.76. The molecule has 1 aromatic carbocycles. The van der Waals surface area contributed by atoms with Crippen LogP contribution in [0.1, 0.15) is 18.9 Å². The van der Waals surface area contributed by atoms with Gasteiger partial charge in [-0.3, -0.25) is 0 Å². The van der Waals surface area contributed by atoms with E-state index in [2.05, 4.69) is 6.92 Å². The summed E-state index contributed by atoms with van der Waals surface area (Å²) in [6, 6.07) is 7.77. The minimum absolute atomic E-state index is 0.0757. The van der Waals surface area contributed by atoms with E-state index in [-0.39, 0.29) is 11.3 Å². The largest absolute Gasteiger partial charge is 0.303 e. The second kappa shape index (κ2) is 2.85. The Bertz CT molecular complexity index is 330. The maximum atomic E-state index is 10.6. The zero-order valence-corrected chi connectivity index (χ0v) is 8.21. The molecule has 2 atom stereocenters. The molecule has 2 heteroatoms. The lowest BCUT2D eigenvalue weighted by Crippen LogP contribution is -2.04. The molecule has 0 saturated heterocycles. The number of aldehydes is 1. The molecular formula is C11H11ClO. The van der Waals surface area contributed by atoms with Crippen LogP contribution in [0.3, 0.4) is 0 Å². The third-order valence-corrected chi connectivity index (χ3v) is 3.22. The lowest BCUT2D eigenvalue weighted by Gasteiger charge is -2.09. The van der Waals surface area contributed by atoms with Crippen molar-refractivity contribution in [3.8, 4) is 0 Å². The van der Waals surface area contributed by atoms with Gasteiger partial charge in [-0.25, -0.2) is 0 Å². The predicted molar refractivity (Wildman–Crippen MR) is 53.0 cm³/mol. The van der Waals surface area contributed by atoms with Crippen LogP contribution in [0.2, 0.25) is 5.02 Å². The van der Waals surface area contributed by atoms with Gasteiger partial charge in [-0.05, 0) is 24.1 Å². The summed E-state index contributed by atoms with van der Waals surface area (Å²) < 4.78 is 0. The number of hydrogen-bond donors (Lipinski definition) is 0. The van der Waals surface area contributed by atoms with Crippen LogP contribution in [0.4, 0.5) is 0 Å². The molecule has 0 radical (unpaired) electrons. The molecule has 1 saturated carbocycles. The van der Waals surface area contributed by atoms with Crippen LogP contribution in [0.15, 0.2) is 24.3 Å². The Balaban J connectivity index is 2.27. The molecule has 0 amide bonds. The fraction of sp³-hybridized carbons (Fsp3) is 0.364. The maximum absolute atomic E-state index is 10.6. The molecule has 2 rings (SSSR count). The monoisotopic (exact) mass is 194 g/mol. The highest BCUT2D eigenvalue weighted by molar-refractivity contribution is 6.30. The van der Waals surface area contributed by atoms with Crippen LogP contribution in [0.5, 0.6) is 0 Å². The Hall–Kier alpha value is -0.820. The fourth-order valence-corrected chi connectivity index (χ4v) is 1.88.